The van der Waals surface area contributed by atoms with Crippen molar-refractivity contribution in [3.63, 3.8) is 0 Å². The van der Waals surface area contributed by atoms with Crippen LogP contribution < -0.4 is 4.74 Å². The topological polar surface area (TPSA) is 51.9 Å². The zero-order valence-electron chi connectivity index (χ0n) is 16.0. The number of hydrogen-bond donors (Lipinski definition) is 0. The van der Waals surface area contributed by atoms with Crippen molar-refractivity contribution in [3.8, 4) is 5.75 Å². The highest BCUT2D eigenvalue weighted by molar-refractivity contribution is 5.77. The van der Waals surface area contributed by atoms with E-state index in [1.807, 2.05) is 54.6 Å². The highest BCUT2D eigenvalue weighted by atomic mass is 16.5. The summed E-state index contributed by atoms with van der Waals surface area (Å²) in [6.45, 7) is 1.29. The van der Waals surface area contributed by atoms with Gasteiger partial charge in [-0.2, -0.15) is 0 Å². The number of carbonyl (C=O) groups excluding carboxylic acids is 1. The van der Waals surface area contributed by atoms with E-state index >= 15 is 0 Å². The Morgan fingerprint density at radius 3 is 2.54 bits per heavy atom. The zero-order valence-corrected chi connectivity index (χ0v) is 16.0. The van der Waals surface area contributed by atoms with Crippen molar-refractivity contribution in [2.75, 3.05) is 26.9 Å². The highest BCUT2D eigenvalue weighted by Crippen LogP contribution is 2.21. The first-order valence-corrected chi connectivity index (χ1v) is 9.30. The summed E-state index contributed by atoms with van der Waals surface area (Å²) in [4.78, 5) is 14.4. The molecule has 0 spiro atoms. The minimum absolute atomic E-state index is 0.0315. The summed E-state index contributed by atoms with van der Waals surface area (Å²) in [5, 5.41) is 0. The molecule has 5 heteroatoms. The molecular weight excluding hydrogens is 354 g/mol. The smallest absolute Gasteiger partial charge is 0.260 e. The third-order valence-electron chi connectivity index (χ3n) is 4.41. The molecule has 0 radical (unpaired) electrons. The van der Waals surface area contributed by atoms with Crippen molar-refractivity contribution in [3.05, 3.63) is 89.9 Å². The van der Waals surface area contributed by atoms with Gasteiger partial charge in [0, 0.05) is 20.1 Å². The van der Waals surface area contributed by atoms with Crippen LogP contribution in [0.1, 0.15) is 16.9 Å². The first-order valence-electron chi connectivity index (χ1n) is 9.30. The van der Waals surface area contributed by atoms with Crippen molar-refractivity contribution < 1.29 is 18.7 Å². The molecule has 3 rings (SSSR count). The summed E-state index contributed by atoms with van der Waals surface area (Å²) >= 11 is 0. The lowest BCUT2D eigenvalue weighted by Crippen LogP contribution is -2.36. The molecule has 0 aliphatic heterocycles. The van der Waals surface area contributed by atoms with E-state index in [4.69, 9.17) is 13.9 Å². The zero-order chi connectivity index (χ0) is 19.6. The SMILES string of the molecule is COCCN(Cc1ccco1)C(=O)COc1ccccc1Cc1ccccc1. The number of amides is 1. The van der Waals surface area contributed by atoms with E-state index in [9.17, 15) is 4.79 Å². The molecule has 2 aromatic carbocycles. The quantitative estimate of drug-likeness (QED) is 0.536. The van der Waals surface area contributed by atoms with Crippen LogP contribution in [-0.2, 0) is 22.5 Å². The van der Waals surface area contributed by atoms with Gasteiger partial charge in [0.25, 0.3) is 5.91 Å². The maximum Gasteiger partial charge on any atom is 0.260 e. The molecule has 5 nitrogen and oxygen atoms in total. The van der Waals surface area contributed by atoms with Crippen molar-refractivity contribution in [1.82, 2.24) is 4.90 Å². The van der Waals surface area contributed by atoms with Crippen LogP contribution in [0.2, 0.25) is 0 Å². The second-order valence-corrected chi connectivity index (χ2v) is 6.45. The highest BCUT2D eigenvalue weighted by Gasteiger charge is 2.16. The maximum absolute atomic E-state index is 12.7. The van der Waals surface area contributed by atoms with E-state index in [1.54, 1.807) is 18.3 Å². The van der Waals surface area contributed by atoms with Crippen LogP contribution in [-0.4, -0.2) is 37.7 Å². The molecule has 28 heavy (non-hydrogen) atoms. The molecule has 0 atom stereocenters. The van der Waals surface area contributed by atoms with Gasteiger partial charge in [0.05, 0.1) is 19.4 Å². The van der Waals surface area contributed by atoms with Crippen molar-refractivity contribution in [2.24, 2.45) is 0 Å². The molecule has 0 N–H and O–H groups in total. The van der Waals surface area contributed by atoms with Crippen LogP contribution >= 0.6 is 0 Å². The minimum atomic E-state index is -0.108. The fraction of sp³-hybridized carbons (Fsp3) is 0.261. The Bertz CT molecular complexity index is 846. The first-order chi connectivity index (χ1) is 13.8. The van der Waals surface area contributed by atoms with Crippen molar-refractivity contribution in [1.29, 1.82) is 0 Å². The Balaban J connectivity index is 1.63. The van der Waals surface area contributed by atoms with Gasteiger partial charge in [-0.3, -0.25) is 4.79 Å². The summed E-state index contributed by atoms with van der Waals surface area (Å²) in [7, 11) is 1.62. The summed E-state index contributed by atoms with van der Waals surface area (Å²) in [6, 6.07) is 21.7. The van der Waals surface area contributed by atoms with Gasteiger partial charge in [-0.05, 0) is 29.3 Å². The normalized spacial score (nSPS) is 10.6. The monoisotopic (exact) mass is 379 g/mol. The summed E-state index contributed by atoms with van der Waals surface area (Å²) in [6.07, 6.45) is 2.36. The summed E-state index contributed by atoms with van der Waals surface area (Å²) in [5.74, 6) is 1.35. The lowest BCUT2D eigenvalue weighted by atomic mass is 10.0. The van der Waals surface area contributed by atoms with E-state index in [0.717, 1.165) is 23.5 Å². The number of rotatable bonds is 10. The predicted molar refractivity (Wildman–Crippen MR) is 107 cm³/mol. The minimum Gasteiger partial charge on any atom is -0.483 e. The van der Waals surface area contributed by atoms with E-state index < -0.39 is 0 Å². The van der Waals surface area contributed by atoms with Gasteiger partial charge in [-0.15, -0.1) is 0 Å². The standard InChI is InChI=1S/C23H25NO4/c1-26-15-13-24(17-21-11-7-14-27-21)23(25)18-28-22-12-6-5-10-20(22)16-19-8-3-2-4-9-19/h2-12,14H,13,15-18H2,1H3. The Morgan fingerprint density at radius 2 is 1.79 bits per heavy atom. The van der Waals surface area contributed by atoms with Crippen LogP contribution in [0.5, 0.6) is 5.75 Å². The predicted octanol–water partition coefficient (Wildman–Crippen LogP) is 3.92. The number of furan rings is 1. The first kappa shape index (κ1) is 19.7. The maximum atomic E-state index is 12.7. The molecule has 0 aliphatic carbocycles. The van der Waals surface area contributed by atoms with Gasteiger partial charge in [0.15, 0.2) is 6.61 Å². The van der Waals surface area contributed by atoms with Gasteiger partial charge in [-0.25, -0.2) is 0 Å². The fourth-order valence-corrected chi connectivity index (χ4v) is 2.92. The molecule has 0 saturated heterocycles. The molecule has 0 fully saturated rings. The number of ether oxygens (including phenoxy) is 2. The van der Waals surface area contributed by atoms with Gasteiger partial charge >= 0.3 is 0 Å². The largest absolute Gasteiger partial charge is 0.483 e. The molecule has 1 amide bonds. The number of nitrogens with zero attached hydrogens (tertiary/aromatic N) is 1. The van der Waals surface area contributed by atoms with E-state index in [0.29, 0.717) is 19.7 Å². The molecule has 0 bridgehead atoms. The van der Waals surface area contributed by atoms with Crippen LogP contribution in [0, 0.1) is 0 Å². The number of methoxy groups -OCH3 is 1. The number of para-hydroxylation sites is 1. The van der Waals surface area contributed by atoms with E-state index in [2.05, 4.69) is 12.1 Å². The molecule has 0 saturated carbocycles. The molecule has 0 aliphatic rings. The van der Waals surface area contributed by atoms with Gasteiger partial charge in [-0.1, -0.05) is 48.5 Å². The second kappa shape index (κ2) is 10.3. The van der Waals surface area contributed by atoms with E-state index in [-0.39, 0.29) is 12.5 Å². The van der Waals surface area contributed by atoms with Gasteiger partial charge in [0.2, 0.25) is 0 Å². The summed E-state index contributed by atoms with van der Waals surface area (Å²) in [5.41, 5.74) is 2.25. The Labute approximate surface area is 165 Å². The molecule has 1 aromatic heterocycles. The molecule has 1 heterocycles. The van der Waals surface area contributed by atoms with Crippen LogP contribution in [0.25, 0.3) is 0 Å². The third-order valence-corrected chi connectivity index (χ3v) is 4.41. The number of benzene rings is 2. The lowest BCUT2D eigenvalue weighted by Gasteiger charge is -2.22. The fourth-order valence-electron chi connectivity index (χ4n) is 2.92. The Kier molecular flexibility index (Phi) is 7.27. The van der Waals surface area contributed by atoms with E-state index in [1.165, 1.54) is 5.56 Å². The third kappa shape index (κ3) is 5.72. The average Bonchev–Trinajstić information content (AvgIpc) is 3.24. The van der Waals surface area contributed by atoms with Gasteiger partial charge < -0.3 is 18.8 Å². The molecule has 146 valence electrons. The molecule has 3 aromatic rings. The van der Waals surface area contributed by atoms with Crippen molar-refractivity contribution >= 4 is 5.91 Å². The van der Waals surface area contributed by atoms with Crippen molar-refractivity contribution in [2.45, 2.75) is 13.0 Å². The average molecular weight is 379 g/mol. The van der Waals surface area contributed by atoms with Crippen LogP contribution in [0.15, 0.2) is 77.4 Å². The molecular formula is C23H25NO4. The second-order valence-electron chi connectivity index (χ2n) is 6.45. The number of carbonyl (C=O) groups is 1. The van der Waals surface area contributed by atoms with Crippen LogP contribution in [0.3, 0.4) is 0 Å². The lowest BCUT2D eigenvalue weighted by molar-refractivity contribution is -0.134. The van der Waals surface area contributed by atoms with Gasteiger partial charge in [0.1, 0.15) is 11.5 Å². The number of hydrogen-bond acceptors (Lipinski definition) is 4. The Hall–Kier alpha value is -3.05. The Morgan fingerprint density at radius 1 is 1.00 bits per heavy atom. The van der Waals surface area contributed by atoms with Crippen LogP contribution in [0.4, 0.5) is 0 Å². The summed E-state index contributed by atoms with van der Waals surface area (Å²) < 4.78 is 16.4. The molecule has 0 unspecified atom stereocenters.